The predicted molar refractivity (Wildman–Crippen MR) is 123 cm³/mol. The van der Waals surface area contributed by atoms with Crippen molar-refractivity contribution in [2.45, 2.75) is 26.1 Å². The fourth-order valence-electron chi connectivity index (χ4n) is 3.50. The summed E-state index contributed by atoms with van der Waals surface area (Å²) in [4.78, 5) is 0. The summed E-state index contributed by atoms with van der Waals surface area (Å²) in [6.07, 6.45) is -8.02. The number of halogens is 6. The quantitative estimate of drug-likeness (QED) is 0.226. The molecule has 0 saturated carbocycles. The van der Waals surface area contributed by atoms with Crippen molar-refractivity contribution in [3.8, 4) is 34.2 Å². The van der Waals surface area contributed by atoms with E-state index in [0.717, 1.165) is 29.8 Å². The van der Waals surface area contributed by atoms with Crippen molar-refractivity contribution in [3.05, 3.63) is 90.1 Å². The van der Waals surface area contributed by atoms with E-state index in [9.17, 15) is 26.3 Å². The van der Waals surface area contributed by atoms with Crippen LogP contribution in [0.4, 0.5) is 26.3 Å². The fraction of sp³-hybridized carbons (Fsp3) is 0.192. The summed E-state index contributed by atoms with van der Waals surface area (Å²) in [5, 5.41) is 4.36. The maximum Gasteiger partial charge on any atom is 0.573 e. The summed E-state index contributed by atoms with van der Waals surface area (Å²) < 4.78 is 94.4. The normalized spacial score (nSPS) is 11.9. The van der Waals surface area contributed by atoms with Crippen molar-refractivity contribution in [1.29, 1.82) is 0 Å². The molecule has 194 valence electrons. The van der Waals surface area contributed by atoms with Gasteiger partial charge in [0, 0.05) is 6.20 Å². The minimum atomic E-state index is -4.85. The molecule has 3 aromatic carbocycles. The molecule has 4 rings (SSSR count). The van der Waals surface area contributed by atoms with Crippen LogP contribution < -0.4 is 14.2 Å². The molecule has 0 unspecified atom stereocenters. The van der Waals surface area contributed by atoms with Gasteiger partial charge in [0.25, 0.3) is 0 Å². The summed E-state index contributed by atoms with van der Waals surface area (Å²) in [7, 11) is 0. The predicted octanol–water partition coefficient (Wildman–Crippen LogP) is 7.43. The van der Waals surface area contributed by atoms with Crippen molar-refractivity contribution in [2.75, 3.05) is 6.61 Å². The number of nitrogens with zero attached hydrogens (tertiary/aromatic N) is 2. The smallest absolute Gasteiger partial charge is 0.492 e. The van der Waals surface area contributed by atoms with E-state index >= 15 is 0 Å². The third kappa shape index (κ3) is 6.54. The molecule has 0 spiro atoms. The third-order valence-electron chi connectivity index (χ3n) is 5.13. The van der Waals surface area contributed by atoms with E-state index in [4.69, 9.17) is 9.47 Å². The van der Waals surface area contributed by atoms with E-state index in [1.165, 1.54) is 29.1 Å². The second kappa shape index (κ2) is 10.5. The van der Waals surface area contributed by atoms with Crippen LogP contribution in [0, 0.1) is 0 Å². The highest BCUT2D eigenvalue weighted by Gasteiger charge is 2.32. The average molecular weight is 522 g/mol. The van der Waals surface area contributed by atoms with Gasteiger partial charge in [0.1, 0.15) is 23.8 Å². The minimum Gasteiger partial charge on any atom is -0.492 e. The molecule has 0 atom stereocenters. The van der Waals surface area contributed by atoms with Gasteiger partial charge in [-0.25, -0.2) is 4.68 Å². The van der Waals surface area contributed by atoms with E-state index in [0.29, 0.717) is 11.1 Å². The largest absolute Gasteiger partial charge is 0.573 e. The minimum absolute atomic E-state index is 0.0181. The maximum atomic E-state index is 13.4. The van der Waals surface area contributed by atoms with E-state index in [2.05, 4.69) is 9.84 Å². The fourth-order valence-corrected chi connectivity index (χ4v) is 3.50. The van der Waals surface area contributed by atoms with Crippen LogP contribution in [0.15, 0.2) is 79.0 Å². The molecule has 11 heteroatoms. The van der Waals surface area contributed by atoms with Gasteiger partial charge in [0.15, 0.2) is 0 Å². The Hall–Kier alpha value is -4.15. The lowest BCUT2D eigenvalue weighted by Crippen LogP contribution is -2.16. The van der Waals surface area contributed by atoms with Gasteiger partial charge in [-0.1, -0.05) is 42.5 Å². The van der Waals surface area contributed by atoms with Gasteiger partial charge in [-0.05, 0) is 48.4 Å². The first-order valence-corrected chi connectivity index (χ1v) is 11.0. The van der Waals surface area contributed by atoms with Gasteiger partial charge in [0.2, 0.25) is 5.88 Å². The zero-order valence-electron chi connectivity index (χ0n) is 19.3. The second-order valence-electron chi connectivity index (χ2n) is 7.75. The molecule has 0 aliphatic carbocycles. The zero-order chi connectivity index (χ0) is 26.6. The Labute approximate surface area is 207 Å². The van der Waals surface area contributed by atoms with Gasteiger partial charge in [0.05, 0.1) is 17.7 Å². The zero-order valence-corrected chi connectivity index (χ0v) is 19.3. The standard InChI is InChI=1S/C26H20F6N2O3/c1-2-35-23-13-10-19(25(27,28)29)14-22(23)34-15-21(18-8-11-20(12-9-18)37-26(30,31)32)24(33-34)36-16-17-6-4-3-5-7-17/h3-15H,2,16H2,1H3. The first-order chi connectivity index (χ1) is 17.5. The van der Waals surface area contributed by atoms with E-state index in [1.54, 1.807) is 6.92 Å². The summed E-state index contributed by atoms with van der Waals surface area (Å²) >= 11 is 0. The number of benzene rings is 3. The van der Waals surface area contributed by atoms with Crippen LogP contribution in [0.25, 0.3) is 16.8 Å². The first kappa shape index (κ1) is 25.9. The Balaban J connectivity index is 1.77. The molecular weight excluding hydrogens is 502 g/mol. The number of hydrogen-bond donors (Lipinski definition) is 0. The number of rotatable bonds is 8. The van der Waals surface area contributed by atoms with Crippen molar-refractivity contribution in [1.82, 2.24) is 9.78 Å². The molecule has 0 N–H and O–H groups in total. The average Bonchev–Trinajstić information content (AvgIpc) is 3.27. The molecule has 5 nitrogen and oxygen atoms in total. The highest BCUT2D eigenvalue weighted by Crippen LogP contribution is 2.37. The lowest BCUT2D eigenvalue weighted by atomic mass is 10.1. The van der Waals surface area contributed by atoms with E-state index < -0.39 is 23.9 Å². The Morgan fingerprint density at radius 1 is 0.838 bits per heavy atom. The van der Waals surface area contributed by atoms with Crippen molar-refractivity contribution >= 4 is 0 Å². The van der Waals surface area contributed by atoms with Crippen LogP contribution in [0.5, 0.6) is 17.4 Å². The molecule has 0 saturated heterocycles. The number of hydrogen-bond acceptors (Lipinski definition) is 4. The van der Waals surface area contributed by atoms with Crippen LogP contribution in [0.1, 0.15) is 18.1 Å². The van der Waals surface area contributed by atoms with Crippen LogP contribution in [0.2, 0.25) is 0 Å². The summed E-state index contributed by atoms with van der Waals surface area (Å²) in [6, 6.07) is 17.1. The third-order valence-corrected chi connectivity index (χ3v) is 5.13. The molecule has 0 radical (unpaired) electrons. The van der Waals surface area contributed by atoms with Crippen LogP contribution in [0.3, 0.4) is 0 Å². The molecule has 0 aliphatic rings. The van der Waals surface area contributed by atoms with Gasteiger partial charge in [-0.3, -0.25) is 0 Å². The second-order valence-corrected chi connectivity index (χ2v) is 7.75. The first-order valence-electron chi connectivity index (χ1n) is 11.0. The maximum absolute atomic E-state index is 13.4. The van der Waals surface area contributed by atoms with Crippen LogP contribution in [-0.4, -0.2) is 22.7 Å². The van der Waals surface area contributed by atoms with Crippen molar-refractivity contribution in [3.63, 3.8) is 0 Å². The Bertz CT molecular complexity index is 1330. The number of aromatic nitrogens is 2. The van der Waals surface area contributed by atoms with Gasteiger partial charge < -0.3 is 14.2 Å². The van der Waals surface area contributed by atoms with Crippen molar-refractivity contribution in [2.24, 2.45) is 0 Å². The topological polar surface area (TPSA) is 45.5 Å². The highest BCUT2D eigenvalue weighted by molar-refractivity contribution is 5.69. The van der Waals surface area contributed by atoms with E-state index in [-0.39, 0.29) is 30.5 Å². The number of alkyl halides is 6. The molecule has 4 aromatic rings. The highest BCUT2D eigenvalue weighted by atomic mass is 19.4. The molecule has 0 bridgehead atoms. The summed E-state index contributed by atoms with van der Waals surface area (Å²) in [5.41, 5.74) is 0.682. The number of ether oxygens (including phenoxy) is 3. The molecule has 0 aliphatic heterocycles. The monoisotopic (exact) mass is 522 g/mol. The lowest BCUT2D eigenvalue weighted by Gasteiger charge is -2.13. The molecular formula is C26H20F6N2O3. The molecule has 1 heterocycles. The molecule has 37 heavy (non-hydrogen) atoms. The molecule has 0 fully saturated rings. The van der Waals surface area contributed by atoms with Gasteiger partial charge >= 0.3 is 12.5 Å². The van der Waals surface area contributed by atoms with Crippen LogP contribution in [-0.2, 0) is 12.8 Å². The lowest BCUT2D eigenvalue weighted by molar-refractivity contribution is -0.274. The van der Waals surface area contributed by atoms with Crippen LogP contribution >= 0.6 is 0 Å². The van der Waals surface area contributed by atoms with Gasteiger partial charge in [-0.15, -0.1) is 18.3 Å². The Morgan fingerprint density at radius 2 is 1.54 bits per heavy atom. The Kier molecular flexibility index (Phi) is 7.33. The summed E-state index contributed by atoms with van der Waals surface area (Å²) in [6.45, 7) is 1.99. The van der Waals surface area contributed by atoms with Crippen molar-refractivity contribution < 1.29 is 40.6 Å². The van der Waals surface area contributed by atoms with Gasteiger partial charge in [-0.2, -0.15) is 13.2 Å². The Morgan fingerprint density at radius 3 is 2.16 bits per heavy atom. The molecule has 1 aromatic heterocycles. The SMILES string of the molecule is CCOc1ccc(C(F)(F)F)cc1-n1cc(-c2ccc(OC(F)(F)F)cc2)c(OCc2ccccc2)n1. The molecule has 0 amide bonds. The summed E-state index contributed by atoms with van der Waals surface area (Å²) in [5.74, 6) is -0.201. The van der Waals surface area contributed by atoms with E-state index in [1.807, 2.05) is 30.3 Å².